The van der Waals surface area contributed by atoms with E-state index in [0.717, 1.165) is 19.3 Å². The molecule has 2 nitrogen and oxygen atoms in total. The summed E-state index contributed by atoms with van der Waals surface area (Å²) in [7, 11) is 0. The van der Waals surface area contributed by atoms with Gasteiger partial charge in [0.15, 0.2) is 0 Å². The van der Waals surface area contributed by atoms with Crippen molar-refractivity contribution in [1.82, 2.24) is 0 Å². The fourth-order valence-electron chi connectivity index (χ4n) is 1.76. The Morgan fingerprint density at radius 2 is 1.88 bits per heavy atom. The van der Waals surface area contributed by atoms with Crippen LogP contribution >= 0.6 is 0 Å². The van der Waals surface area contributed by atoms with Gasteiger partial charge in [-0.25, -0.2) is 0 Å². The molecule has 0 saturated heterocycles. The maximum absolute atomic E-state index is 11.6. The van der Waals surface area contributed by atoms with Crippen LogP contribution in [0, 0.1) is 5.92 Å². The maximum Gasteiger partial charge on any atom is 0.314 e. The molecule has 0 N–H and O–H groups in total. The molecule has 1 saturated carbocycles. The van der Waals surface area contributed by atoms with Crippen molar-refractivity contribution in [3.05, 3.63) is 29.8 Å². The molecule has 1 aliphatic rings. The van der Waals surface area contributed by atoms with Crippen LogP contribution in [0.2, 0.25) is 0 Å². The highest BCUT2D eigenvalue weighted by atomic mass is 16.5. The second-order valence-corrected chi connectivity index (χ2v) is 4.77. The summed E-state index contributed by atoms with van der Waals surface area (Å²) < 4.78 is 5.31. The van der Waals surface area contributed by atoms with Gasteiger partial charge in [-0.2, -0.15) is 0 Å². The lowest BCUT2D eigenvalue weighted by molar-refractivity contribution is -0.141. The second-order valence-electron chi connectivity index (χ2n) is 4.77. The monoisotopic (exact) mass is 218 g/mol. The molecule has 0 bridgehead atoms. The van der Waals surface area contributed by atoms with Gasteiger partial charge in [-0.3, -0.25) is 4.79 Å². The third-order valence-corrected chi connectivity index (χ3v) is 3.20. The van der Waals surface area contributed by atoms with Gasteiger partial charge in [0.2, 0.25) is 0 Å². The van der Waals surface area contributed by atoms with E-state index < -0.39 is 0 Å². The first-order valence-electron chi connectivity index (χ1n) is 5.98. The molecule has 0 atom stereocenters. The number of rotatable bonds is 3. The van der Waals surface area contributed by atoms with E-state index in [1.165, 1.54) is 5.56 Å². The Bertz CT molecular complexity index is 361. The van der Waals surface area contributed by atoms with Crippen molar-refractivity contribution in [3.63, 3.8) is 0 Å². The molecule has 16 heavy (non-hydrogen) atoms. The Hall–Kier alpha value is -1.31. The molecule has 0 spiro atoms. The minimum absolute atomic E-state index is 0.0662. The molecule has 2 rings (SSSR count). The van der Waals surface area contributed by atoms with Crippen LogP contribution in [0.15, 0.2) is 24.3 Å². The number of carbonyl (C=O) groups is 1. The first kappa shape index (κ1) is 11.2. The van der Waals surface area contributed by atoms with E-state index in [4.69, 9.17) is 4.74 Å². The Morgan fingerprint density at radius 1 is 1.25 bits per heavy atom. The first-order valence-corrected chi connectivity index (χ1v) is 5.98. The normalized spacial score (nSPS) is 15.9. The zero-order valence-electron chi connectivity index (χ0n) is 9.90. The third-order valence-electron chi connectivity index (χ3n) is 3.20. The molecular formula is C14H18O2. The maximum atomic E-state index is 11.6. The number of hydrogen-bond acceptors (Lipinski definition) is 2. The topological polar surface area (TPSA) is 26.3 Å². The molecule has 2 heteroatoms. The van der Waals surface area contributed by atoms with Crippen LogP contribution in [0.4, 0.5) is 0 Å². The summed E-state index contributed by atoms with van der Waals surface area (Å²) in [5.74, 6) is 1.26. The van der Waals surface area contributed by atoms with Crippen LogP contribution in [0.1, 0.15) is 44.6 Å². The number of esters is 1. The van der Waals surface area contributed by atoms with Gasteiger partial charge in [-0.05, 0) is 36.5 Å². The van der Waals surface area contributed by atoms with Crippen molar-refractivity contribution in [3.8, 4) is 5.75 Å². The zero-order valence-corrected chi connectivity index (χ0v) is 9.90. The van der Waals surface area contributed by atoms with E-state index >= 15 is 0 Å². The van der Waals surface area contributed by atoms with Crippen LogP contribution in [-0.2, 0) is 4.79 Å². The number of benzene rings is 1. The third kappa shape index (κ3) is 2.43. The lowest BCUT2D eigenvalue weighted by Crippen LogP contribution is -2.26. The van der Waals surface area contributed by atoms with Gasteiger partial charge in [-0.15, -0.1) is 0 Å². The largest absolute Gasteiger partial charge is 0.426 e. The van der Waals surface area contributed by atoms with Crippen LogP contribution in [0.25, 0.3) is 0 Å². The molecule has 1 fully saturated rings. The van der Waals surface area contributed by atoms with E-state index in [0.29, 0.717) is 11.7 Å². The van der Waals surface area contributed by atoms with E-state index in [2.05, 4.69) is 13.8 Å². The van der Waals surface area contributed by atoms with Crippen LogP contribution in [0.3, 0.4) is 0 Å². The molecule has 1 aromatic rings. The average Bonchev–Trinajstić information content (AvgIpc) is 2.15. The van der Waals surface area contributed by atoms with E-state index in [1.54, 1.807) is 0 Å². The predicted molar refractivity (Wildman–Crippen MR) is 63.5 cm³/mol. The van der Waals surface area contributed by atoms with E-state index in [1.807, 2.05) is 24.3 Å². The Morgan fingerprint density at radius 3 is 2.31 bits per heavy atom. The fourth-order valence-corrected chi connectivity index (χ4v) is 1.76. The number of hydrogen-bond donors (Lipinski definition) is 0. The van der Waals surface area contributed by atoms with Crippen molar-refractivity contribution in [2.75, 3.05) is 0 Å². The lowest BCUT2D eigenvalue weighted by Gasteiger charge is -2.22. The lowest BCUT2D eigenvalue weighted by atomic mass is 9.86. The van der Waals surface area contributed by atoms with Gasteiger partial charge in [0, 0.05) is 0 Å². The molecule has 1 aliphatic carbocycles. The first-order chi connectivity index (χ1) is 7.66. The van der Waals surface area contributed by atoms with Gasteiger partial charge in [0.25, 0.3) is 0 Å². The Kier molecular flexibility index (Phi) is 3.28. The summed E-state index contributed by atoms with van der Waals surface area (Å²) in [4.78, 5) is 11.6. The van der Waals surface area contributed by atoms with E-state index in [-0.39, 0.29) is 11.9 Å². The second kappa shape index (κ2) is 4.69. The van der Waals surface area contributed by atoms with Gasteiger partial charge in [0.1, 0.15) is 5.75 Å². The van der Waals surface area contributed by atoms with Crippen molar-refractivity contribution in [1.29, 1.82) is 0 Å². The molecule has 0 amide bonds. The highest BCUT2D eigenvalue weighted by Gasteiger charge is 2.26. The van der Waals surface area contributed by atoms with Crippen LogP contribution in [0.5, 0.6) is 5.75 Å². The number of carbonyl (C=O) groups excluding carboxylic acids is 1. The zero-order chi connectivity index (χ0) is 11.5. The molecule has 0 aromatic heterocycles. The van der Waals surface area contributed by atoms with Crippen molar-refractivity contribution in [2.24, 2.45) is 5.92 Å². The SMILES string of the molecule is CC(C)c1ccc(OC(=O)C2CCC2)cc1. The summed E-state index contributed by atoms with van der Waals surface area (Å²) in [6.45, 7) is 4.30. The molecular weight excluding hydrogens is 200 g/mol. The minimum Gasteiger partial charge on any atom is -0.426 e. The summed E-state index contributed by atoms with van der Waals surface area (Å²) in [6, 6.07) is 7.81. The standard InChI is InChI=1S/C14H18O2/c1-10(2)11-6-8-13(9-7-11)16-14(15)12-4-3-5-12/h6-10,12H,3-5H2,1-2H3. The summed E-state index contributed by atoms with van der Waals surface area (Å²) in [5.41, 5.74) is 1.27. The molecule has 0 heterocycles. The summed E-state index contributed by atoms with van der Waals surface area (Å²) in [6.07, 6.45) is 3.14. The molecule has 0 aliphatic heterocycles. The smallest absolute Gasteiger partial charge is 0.314 e. The van der Waals surface area contributed by atoms with Crippen molar-refractivity contribution >= 4 is 5.97 Å². The predicted octanol–water partition coefficient (Wildman–Crippen LogP) is 3.52. The average molecular weight is 218 g/mol. The van der Waals surface area contributed by atoms with Crippen LogP contribution < -0.4 is 4.74 Å². The van der Waals surface area contributed by atoms with Gasteiger partial charge >= 0.3 is 5.97 Å². The van der Waals surface area contributed by atoms with Crippen molar-refractivity contribution < 1.29 is 9.53 Å². The van der Waals surface area contributed by atoms with Gasteiger partial charge in [0.05, 0.1) is 5.92 Å². The van der Waals surface area contributed by atoms with Gasteiger partial charge in [-0.1, -0.05) is 32.4 Å². The number of ether oxygens (including phenoxy) is 1. The van der Waals surface area contributed by atoms with Crippen LogP contribution in [-0.4, -0.2) is 5.97 Å². The van der Waals surface area contributed by atoms with E-state index in [9.17, 15) is 4.79 Å². The summed E-state index contributed by atoms with van der Waals surface area (Å²) in [5, 5.41) is 0. The molecule has 0 unspecified atom stereocenters. The molecule has 86 valence electrons. The molecule has 0 radical (unpaired) electrons. The van der Waals surface area contributed by atoms with Crippen molar-refractivity contribution in [2.45, 2.75) is 39.0 Å². The summed E-state index contributed by atoms with van der Waals surface area (Å²) >= 11 is 0. The Balaban J connectivity index is 1.96. The highest BCUT2D eigenvalue weighted by molar-refractivity contribution is 5.75. The molecule has 1 aromatic carbocycles. The Labute approximate surface area is 96.6 Å². The van der Waals surface area contributed by atoms with Gasteiger partial charge < -0.3 is 4.74 Å². The highest BCUT2D eigenvalue weighted by Crippen LogP contribution is 2.28. The fraction of sp³-hybridized carbons (Fsp3) is 0.500. The minimum atomic E-state index is -0.0662. The quantitative estimate of drug-likeness (QED) is 0.573.